The highest BCUT2D eigenvalue weighted by atomic mass is 79.9. The first kappa shape index (κ1) is 11.6. The number of nitriles is 1. The zero-order chi connectivity index (χ0) is 9.12. The molecule has 0 saturated carbocycles. The number of nitrogens with zero attached hydrogens (tertiary/aromatic N) is 1. The quantitative estimate of drug-likeness (QED) is 0.593. The molecule has 7 heteroatoms. The van der Waals surface area contributed by atoms with Crippen LogP contribution < -0.4 is 0 Å². The molecule has 0 aromatic rings. The average Bonchev–Trinajstić information content (AvgIpc) is 1.86. The van der Waals surface area contributed by atoms with E-state index < -0.39 is 11.0 Å². The molecule has 0 amide bonds. The van der Waals surface area contributed by atoms with Gasteiger partial charge in [-0.3, -0.25) is 9.09 Å². The second-order valence-corrected chi connectivity index (χ2v) is 7.06. The summed E-state index contributed by atoms with van der Waals surface area (Å²) >= 11 is 5.68. The molecular formula is C4H6Br2NO3P. The summed E-state index contributed by atoms with van der Waals surface area (Å²) in [5, 5.41) is 8.41. The van der Waals surface area contributed by atoms with Crippen LogP contribution in [-0.4, -0.2) is 17.2 Å². The Morgan fingerprint density at radius 1 is 1.64 bits per heavy atom. The van der Waals surface area contributed by atoms with E-state index in [0.717, 1.165) is 0 Å². The van der Waals surface area contributed by atoms with Crippen LogP contribution in [0.5, 0.6) is 0 Å². The van der Waals surface area contributed by atoms with Gasteiger partial charge >= 0.3 is 7.60 Å². The normalized spacial score (nSPS) is 17.0. The topological polar surface area (TPSA) is 59.3 Å². The van der Waals surface area contributed by atoms with Crippen molar-refractivity contribution in [3.8, 4) is 6.07 Å². The van der Waals surface area contributed by atoms with Gasteiger partial charge in [-0.1, -0.05) is 0 Å². The summed E-state index contributed by atoms with van der Waals surface area (Å²) in [5.41, 5.74) is 0. The van der Waals surface area contributed by atoms with Crippen LogP contribution >= 0.6 is 39.5 Å². The van der Waals surface area contributed by atoms with Crippen LogP contribution in [0.4, 0.5) is 0 Å². The van der Waals surface area contributed by atoms with Crippen LogP contribution in [0.25, 0.3) is 0 Å². The Kier molecular flexibility index (Phi) is 4.23. The second-order valence-electron chi connectivity index (χ2n) is 1.67. The lowest BCUT2D eigenvalue weighted by Crippen LogP contribution is -2.11. The molecule has 0 bridgehead atoms. The van der Waals surface area contributed by atoms with Crippen molar-refractivity contribution in [1.29, 1.82) is 5.26 Å². The third kappa shape index (κ3) is 4.94. The first-order valence-corrected chi connectivity index (χ1v) is 6.03. The molecule has 0 fully saturated rings. The van der Waals surface area contributed by atoms with Crippen LogP contribution in [-0.2, 0) is 13.6 Å². The molecule has 0 aromatic carbocycles. The van der Waals surface area contributed by atoms with E-state index in [1.165, 1.54) is 13.8 Å². The van der Waals surface area contributed by atoms with Crippen molar-refractivity contribution >= 4 is 39.5 Å². The predicted molar refractivity (Wildman–Crippen MR) is 47.8 cm³/mol. The van der Waals surface area contributed by atoms with Gasteiger partial charge in [0.15, 0.2) is 0 Å². The monoisotopic (exact) mass is 305 g/mol. The fourth-order valence-corrected chi connectivity index (χ4v) is 2.38. The van der Waals surface area contributed by atoms with Crippen LogP contribution in [0.2, 0.25) is 0 Å². The Hall–Kier alpha value is 0.600. The number of hydrogen-bond acceptors (Lipinski definition) is 4. The van der Waals surface area contributed by atoms with E-state index >= 15 is 0 Å². The summed E-state index contributed by atoms with van der Waals surface area (Å²) in [7, 11) is -1.88. The average molecular weight is 307 g/mol. The van der Waals surface area contributed by atoms with E-state index in [0.29, 0.717) is 0 Å². The fourth-order valence-electron chi connectivity index (χ4n) is 0.266. The van der Waals surface area contributed by atoms with E-state index in [9.17, 15) is 4.57 Å². The molecule has 0 rings (SSSR count). The Morgan fingerprint density at radius 2 is 2.09 bits per heavy atom. The van der Waals surface area contributed by atoms with Crippen LogP contribution in [0, 0.1) is 11.3 Å². The summed E-state index contributed by atoms with van der Waals surface area (Å²) in [4.78, 5) is 0. The van der Waals surface area contributed by atoms with Crippen molar-refractivity contribution in [2.75, 3.05) is 13.8 Å². The standard InChI is InChI=1S/C4H6Br2NO3P/c1-9-11(2,8)10-4(5,6)3-7/h1-2H3. The first-order chi connectivity index (χ1) is 4.83. The van der Waals surface area contributed by atoms with Gasteiger partial charge in [0.25, 0.3) is 3.42 Å². The van der Waals surface area contributed by atoms with Gasteiger partial charge < -0.3 is 4.52 Å². The summed E-state index contributed by atoms with van der Waals surface area (Å²) in [6.07, 6.45) is 0. The largest absolute Gasteiger partial charge is 0.330 e. The third-order valence-corrected chi connectivity index (χ3v) is 3.19. The molecule has 0 radical (unpaired) electrons. The Bertz CT molecular complexity index is 224. The molecule has 0 aliphatic rings. The van der Waals surface area contributed by atoms with Crippen molar-refractivity contribution < 1.29 is 13.6 Å². The lowest BCUT2D eigenvalue weighted by Gasteiger charge is -2.17. The zero-order valence-corrected chi connectivity index (χ0v) is 9.94. The molecule has 0 aliphatic carbocycles. The molecule has 11 heavy (non-hydrogen) atoms. The maximum atomic E-state index is 11.1. The van der Waals surface area contributed by atoms with Crippen molar-refractivity contribution in [2.24, 2.45) is 0 Å². The van der Waals surface area contributed by atoms with Gasteiger partial charge in [0.05, 0.1) is 0 Å². The van der Waals surface area contributed by atoms with Gasteiger partial charge in [0.1, 0.15) is 6.07 Å². The van der Waals surface area contributed by atoms with E-state index in [-0.39, 0.29) is 0 Å². The molecule has 0 aliphatic heterocycles. The van der Waals surface area contributed by atoms with Gasteiger partial charge in [-0.05, 0) is 31.9 Å². The molecule has 4 nitrogen and oxygen atoms in total. The molecule has 0 saturated heterocycles. The maximum absolute atomic E-state index is 11.1. The van der Waals surface area contributed by atoms with Gasteiger partial charge in [0.2, 0.25) is 0 Å². The second kappa shape index (κ2) is 4.01. The summed E-state index contributed by atoms with van der Waals surface area (Å²) in [6, 6.07) is 1.69. The number of rotatable bonds is 3. The van der Waals surface area contributed by atoms with Crippen molar-refractivity contribution in [3.05, 3.63) is 0 Å². The molecule has 1 unspecified atom stereocenters. The minimum Gasteiger partial charge on any atom is -0.312 e. The van der Waals surface area contributed by atoms with Gasteiger partial charge in [0, 0.05) is 13.8 Å². The molecule has 0 heterocycles. The highest BCUT2D eigenvalue weighted by Crippen LogP contribution is 2.50. The Labute approximate surface area is 81.7 Å². The van der Waals surface area contributed by atoms with Gasteiger partial charge in [-0.25, -0.2) is 0 Å². The van der Waals surface area contributed by atoms with E-state index in [1.54, 1.807) is 6.07 Å². The van der Waals surface area contributed by atoms with E-state index in [2.05, 4.69) is 36.4 Å². The fraction of sp³-hybridized carbons (Fsp3) is 0.750. The highest BCUT2D eigenvalue weighted by molar-refractivity contribution is 9.25. The Balaban J connectivity index is 4.29. The van der Waals surface area contributed by atoms with Crippen molar-refractivity contribution in [3.63, 3.8) is 0 Å². The third-order valence-electron chi connectivity index (χ3n) is 0.742. The van der Waals surface area contributed by atoms with Crippen LogP contribution in [0.15, 0.2) is 0 Å². The predicted octanol–water partition coefficient (Wildman–Crippen LogP) is 2.44. The van der Waals surface area contributed by atoms with E-state index in [4.69, 9.17) is 9.79 Å². The lowest BCUT2D eigenvalue weighted by molar-refractivity contribution is 0.239. The summed E-state index contributed by atoms with van der Waals surface area (Å²) < 4.78 is 18.9. The molecule has 64 valence electrons. The van der Waals surface area contributed by atoms with Crippen molar-refractivity contribution in [1.82, 2.24) is 0 Å². The highest BCUT2D eigenvalue weighted by Gasteiger charge is 2.31. The van der Waals surface area contributed by atoms with E-state index in [1.807, 2.05) is 0 Å². The number of hydrogen-bond donors (Lipinski definition) is 0. The molecule has 0 aromatic heterocycles. The van der Waals surface area contributed by atoms with Gasteiger partial charge in [-0.15, -0.1) is 0 Å². The van der Waals surface area contributed by atoms with Gasteiger partial charge in [-0.2, -0.15) is 5.26 Å². The SMILES string of the molecule is COP(C)(=O)OC(Br)(Br)C#N. The summed E-state index contributed by atoms with van der Waals surface area (Å²) in [5.74, 6) is 0. The Morgan fingerprint density at radius 3 is 2.36 bits per heavy atom. The lowest BCUT2D eigenvalue weighted by atomic mass is 10.8. The smallest absolute Gasteiger partial charge is 0.312 e. The van der Waals surface area contributed by atoms with Crippen LogP contribution in [0.3, 0.4) is 0 Å². The minimum atomic E-state index is -3.13. The molecule has 0 spiro atoms. The molecule has 1 atom stereocenters. The van der Waals surface area contributed by atoms with Crippen molar-refractivity contribution in [2.45, 2.75) is 3.42 Å². The number of halogens is 2. The van der Waals surface area contributed by atoms with Crippen LogP contribution in [0.1, 0.15) is 0 Å². The minimum absolute atomic E-state index is 1.24. The summed E-state index contributed by atoms with van der Waals surface area (Å²) in [6.45, 7) is 1.27. The zero-order valence-electron chi connectivity index (χ0n) is 5.88. The first-order valence-electron chi connectivity index (χ1n) is 2.46. The molecular weight excluding hydrogens is 301 g/mol. The maximum Gasteiger partial charge on any atom is 0.330 e. The number of alkyl halides is 2. The molecule has 0 N–H and O–H groups in total.